The molecule has 4 heteroatoms. The summed E-state index contributed by atoms with van der Waals surface area (Å²) >= 11 is 0. The summed E-state index contributed by atoms with van der Waals surface area (Å²) in [5.41, 5.74) is 1.25. The number of aromatic carboxylic acids is 1. The summed E-state index contributed by atoms with van der Waals surface area (Å²) in [6.45, 7) is 11.3. The number of aromatic hydroxyl groups is 1. The van der Waals surface area contributed by atoms with E-state index in [1.807, 2.05) is 0 Å². The first-order valence-corrected chi connectivity index (χ1v) is 12.0. The lowest BCUT2D eigenvalue weighted by molar-refractivity contribution is -0.155. The molecule has 0 spiro atoms. The van der Waals surface area contributed by atoms with Crippen LogP contribution in [0.1, 0.15) is 89.1 Å². The Morgan fingerprint density at radius 1 is 1.00 bits per heavy atom. The van der Waals surface area contributed by atoms with Crippen LogP contribution in [0, 0.1) is 39.9 Å². The SMILES string of the molecule is CC(=O)[C@@H]1CC[C@H]2[C@@]3(C)CC[C@@H](C)[C@@](C)(Cc4cc(C(=O)O)ccc4O)[C@@H]3CC[C@@]21C. The van der Waals surface area contributed by atoms with Crippen LogP contribution in [-0.4, -0.2) is 22.0 Å². The van der Waals surface area contributed by atoms with Crippen molar-refractivity contribution in [2.45, 2.75) is 79.6 Å². The molecule has 2 N–H and O–H groups in total. The van der Waals surface area contributed by atoms with Crippen molar-refractivity contribution >= 4 is 11.8 Å². The van der Waals surface area contributed by atoms with Gasteiger partial charge in [0, 0.05) is 5.92 Å². The number of rotatable bonds is 4. The number of Topliss-reactive ketones (excluding diaryl/α,β-unsaturated/α-hetero) is 1. The molecule has 4 nitrogen and oxygen atoms in total. The third kappa shape index (κ3) is 3.24. The van der Waals surface area contributed by atoms with E-state index < -0.39 is 5.97 Å². The maximum absolute atomic E-state index is 12.4. The van der Waals surface area contributed by atoms with Gasteiger partial charge in [-0.15, -0.1) is 0 Å². The zero-order chi connectivity index (χ0) is 22.8. The predicted molar refractivity (Wildman–Crippen MR) is 121 cm³/mol. The minimum atomic E-state index is -0.956. The first kappa shape index (κ1) is 22.4. The lowest BCUT2D eigenvalue weighted by Crippen LogP contribution is -2.58. The van der Waals surface area contributed by atoms with E-state index in [2.05, 4.69) is 27.7 Å². The fourth-order valence-corrected chi connectivity index (χ4v) is 8.56. The van der Waals surface area contributed by atoms with Crippen LogP contribution in [0.3, 0.4) is 0 Å². The molecule has 31 heavy (non-hydrogen) atoms. The summed E-state index contributed by atoms with van der Waals surface area (Å²) in [5, 5.41) is 20.0. The van der Waals surface area contributed by atoms with E-state index in [9.17, 15) is 19.8 Å². The highest BCUT2D eigenvalue weighted by Crippen LogP contribution is 2.71. The average Bonchev–Trinajstić information content (AvgIpc) is 3.05. The topological polar surface area (TPSA) is 74.6 Å². The van der Waals surface area contributed by atoms with E-state index in [0.717, 1.165) is 37.7 Å². The van der Waals surface area contributed by atoms with Gasteiger partial charge in [-0.25, -0.2) is 4.79 Å². The number of carboxylic acids is 1. The van der Waals surface area contributed by atoms with Gasteiger partial charge in [0.1, 0.15) is 11.5 Å². The summed E-state index contributed by atoms with van der Waals surface area (Å²) in [6.07, 6.45) is 7.38. The molecule has 0 aliphatic heterocycles. The number of carboxylic acid groups (broad SMARTS) is 1. The first-order valence-electron chi connectivity index (χ1n) is 12.0. The van der Waals surface area contributed by atoms with Crippen molar-refractivity contribution in [3.05, 3.63) is 29.3 Å². The highest BCUT2D eigenvalue weighted by Gasteiger charge is 2.64. The molecule has 3 saturated carbocycles. The van der Waals surface area contributed by atoms with Crippen LogP contribution >= 0.6 is 0 Å². The number of fused-ring (bicyclic) bond motifs is 3. The van der Waals surface area contributed by atoms with E-state index in [1.165, 1.54) is 18.6 Å². The van der Waals surface area contributed by atoms with Crippen LogP contribution in [0.15, 0.2) is 18.2 Å². The molecule has 0 radical (unpaired) electrons. The van der Waals surface area contributed by atoms with Gasteiger partial charge in [0.05, 0.1) is 5.56 Å². The van der Waals surface area contributed by atoms with E-state index in [4.69, 9.17) is 0 Å². The standard InChI is InChI=1S/C27H38O4/c1-16-10-12-26(4)22-9-7-20(17(2)28)25(22,3)13-11-23(26)27(16,5)15-19-14-18(24(30)31)6-8-21(19)29/h6,8,14,16,20,22-23,29H,7,9-13,15H2,1-5H3,(H,30,31)/t16-,20+,22-,23-,25-,26-,27-/m1/s1. The van der Waals surface area contributed by atoms with Gasteiger partial charge in [0.2, 0.25) is 0 Å². The van der Waals surface area contributed by atoms with Crippen LogP contribution in [-0.2, 0) is 11.2 Å². The number of hydrogen-bond donors (Lipinski definition) is 2. The van der Waals surface area contributed by atoms with Crippen molar-refractivity contribution in [1.82, 2.24) is 0 Å². The maximum atomic E-state index is 12.4. The molecule has 7 atom stereocenters. The fourth-order valence-electron chi connectivity index (χ4n) is 8.56. The smallest absolute Gasteiger partial charge is 0.335 e. The number of phenols is 1. The summed E-state index contributed by atoms with van der Waals surface area (Å²) in [5.74, 6) is 1.34. The number of phenolic OH excluding ortho intramolecular Hbond substituents is 1. The van der Waals surface area contributed by atoms with Gasteiger partial charge in [-0.05, 0) is 110 Å². The number of ketones is 1. The summed E-state index contributed by atoms with van der Waals surface area (Å²) in [7, 11) is 0. The molecule has 3 fully saturated rings. The van der Waals surface area contributed by atoms with E-state index >= 15 is 0 Å². The third-order valence-electron chi connectivity index (χ3n) is 10.3. The Kier molecular flexibility index (Phi) is 5.30. The summed E-state index contributed by atoms with van der Waals surface area (Å²) in [4.78, 5) is 24.0. The first-order chi connectivity index (χ1) is 14.4. The molecule has 170 valence electrons. The molecule has 0 aromatic heterocycles. The molecule has 0 amide bonds. The molecule has 0 unspecified atom stereocenters. The second kappa shape index (κ2) is 7.35. The van der Waals surface area contributed by atoms with Crippen molar-refractivity contribution in [2.75, 3.05) is 0 Å². The van der Waals surface area contributed by atoms with Crippen molar-refractivity contribution in [3.63, 3.8) is 0 Å². The fraction of sp³-hybridized carbons (Fsp3) is 0.704. The second-order valence-electron chi connectivity index (χ2n) is 11.7. The summed E-state index contributed by atoms with van der Waals surface area (Å²) < 4.78 is 0. The van der Waals surface area contributed by atoms with Crippen LogP contribution < -0.4 is 0 Å². The van der Waals surface area contributed by atoms with Crippen LogP contribution in [0.5, 0.6) is 5.75 Å². The molecule has 0 saturated heterocycles. The van der Waals surface area contributed by atoms with Gasteiger partial charge in [-0.3, -0.25) is 4.79 Å². The highest BCUT2D eigenvalue weighted by atomic mass is 16.4. The van der Waals surface area contributed by atoms with Gasteiger partial charge in [0.15, 0.2) is 0 Å². The molecule has 4 rings (SSSR count). The number of hydrogen-bond acceptors (Lipinski definition) is 3. The monoisotopic (exact) mass is 426 g/mol. The van der Waals surface area contributed by atoms with E-state index in [-0.39, 0.29) is 33.5 Å². The minimum Gasteiger partial charge on any atom is -0.508 e. The average molecular weight is 427 g/mol. The minimum absolute atomic E-state index is 0.0166. The number of carbonyl (C=O) groups excluding carboxylic acids is 1. The molecule has 0 bridgehead atoms. The van der Waals surface area contributed by atoms with Crippen molar-refractivity contribution < 1.29 is 19.8 Å². The van der Waals surface area contributed by atoms with Crippen LogP contribution in [0.25, 0.3) is 0 Å². The van der Waals surface area contributed by atoms with Gasteiger partial charge < -0.3 is 10.2 Å². The zero-order valence-corrected chi connectivity index (χ0v) is 19.7. The quantitative estimate of drug-likeness (QED) is 0.609. The molecular formula is C27H38O4. The Morgan fingerprint density at radius 3 is 2.32 bits per heavy atom. The third-order valence-corrected chi connectivity index (χ3v) is 10.3. The Morgan fingerprint density at radius 2 is 1.68 bits per heavy atom. The predicted octanol–water partition coefficient (Wildman–Crippen LogP) is 6.11. The van der Waals surface area contributed by atoms with Gasteiger partial charge >= 0.3 is 5.97 Å². The number of benzene rings is 1. The zero-order valence-electron chi connectivity index (χ0n) is 19.7. The lowest BCUT2D eigenvalue weighted by Gasteiger charge is -2.64. The molecule has 0 heterocycles. The van der Waals surface area contributed by atoms with Crippen molar-refractivity contribution in [3.8, 4) is 5.75 Å². The van der Waals surface area contributed by atoms with Gasteiger partial charge in [-0.2, -0.15) is 0 Å². The molecule has 1 aromatic rings. The highest BCUT2D eigenvalue weighted by molar-refractivity contribution is 5.88. The Balaban J connectivity index is 1.71. The largest absolute Gasteiger partial charge is 0.508 e. The second-order valence-corrected chi connectivity index (χ2v) is 11.7. The number of carbonyl (C=O) groups is 2. The Labute approximate surface area is 186 Å². The normalized spacial score (nSPS) is 42.0. The van der Waals surface area contributed by atoms with Crippen LogP contribution in [0.2, 0.25) is 0 Å². The lowest BCUT2D eigenvalue weighted by atomic mass is 9.40. The summed E-state index contributed by atoms with van der Waals surface area (Å²) in [6, 6.07) is 4.67. The Hall–Kier alpha value is -1.84. The molecule has 3 aliphatic carbocycles. The van der Waals surface area contributed by atoms with Crippen LogP contribution in [0.4, 0.5) is 0 Å². The molecular weight excluding hydrogens is 388 g/mol. The molecule has 3 aliphatic rings. The van der Waals surface area contributed by atoms with Crippen molar-refractivity contribution in [1.29, 1.82) is 0 Å². The van der Waals surface area contributed by atoms with Gasteiger partial charge in [0.25, 0.3) is 0 Å². The molecule has 1 aromatic carbocycles. The Bertz CT molecular complexity index is 906. The van der Waals surface area contributed by atoms with Gasteiger partial charge in [-0.1, -0.05) is 27.7 Å². The van der Waals surface area contributed by atoms with Crippen molar-refractivity contribution in [2.24, 2.45) is 39.9 Å². The van der Waals surface area contributed by atoms with E-state index in [1.54, 1.807) is 13.0 Å². The van der Waals surface area contributed by atoms with E-state index in [0.29, 0.717) is 30.0 Å². The maximum Gasteiger partial charge on any atom is 0.335 e.